The summed E-state index contributed by atoms with van der Waals surface area (Å²) in [7, 11) is -4.07. The summed E-state index contributed by atoms with van der Waals surface area (Å²) >= 11 is 5.91. The van der Waals surface area contributed by atoms with E-state index in [2.05, 4.69) is 5.32 Å². The van der Waals surface area contributed by atoms with E-state index in [4.69, 9.17) is 26.3 Å². The van der Waals surface area contributed by atoms with E-state index < -0.39 is 27.5 Å². The predicted octanol–water partition coefficient (Wildman–Crippen LogP) is 2.03. The Morgan fingerprint density at radius 2 is 2.00 bits per heavy atom. The van der Waals surface area contributed by atoms with Gasteiger partial charge >= 0.3 is 0 Å². The predicted molar refractivity (Wildman–Crippen MR) is 112 cm³/mol. The van der Waals surface area contributed by atoms with Crippen LogP contribution in [0, 0.1) is 28.5 Å². The van der Waals surface area contributed by atoms with Crippen molar-refractivity contribution in [2.45, 2.75) is 16.6 Å². The zero-order chi connectivity index (χ0) is 22.9. The molecule has 2 aliphatic rings. The Kier molecular flexibility index (Phi) is 6.08. The fourth-order valence-electron chi connectivity index (χ4n) is 3.91. The van der Waals surface area contributed by atoms with E-state index in [-0.39, 0.29) is 39.9 Å². The van der Waals surface area contributed by atoms with Crippen LogP contribution < -0.4 is 10.1 Å². The lowest BCUT2D eigenvalue weighted by atomic mass is 9.98. The van der Waals surface area contributed by atoms with Gasteiger partial charge < -0.3 is 14.8 Å². The second-order valence-corrected chi connectivity index (χ2v) is 9.84. The Labute approximate surface area is 189 Å². The first-order chi connectivity index (χ1) is 15.3. The normalized spacial score (nSPS) is 23.6. The van der Waals surface area contributed by atoms with E-state index in [9.17, 15) is 18.1 Å². The molecule has 2 atom stereocenters. The van der Waals surface area contributed by atoms with Crippen molar-refractivity contribution in [1.82, 2.24) is 9.62 Å². The average molecular weight is 477 g/mol. The summed E-state index contributed by atoms with van der Waals surface area (Å²) in [5.41, 5.74) is -1.19. The van der Waals surface area contributed by atoms with Gasteiger partial charge in [0.1, 0.15) is 40.3 Å². The molecule has 4 rings (SSSR count). The fourth-order valence-corrected chi connectivity index (χ4v) is 5.70. The zero-order valence-corrected chi connectivity index (χ0v) is 18.3. The Balaban J connectivity index is 1.67. The summed E-state index contributed by atoms with van der Waals surface area (Å²) < 4.78 is 54.0. The number of benzene rings is 2. The van der Waals surface area contributed by atoms with Gasteiger partial charge in [-0.05, 0) is 30.3 Å². The number of hydrogen-bond donors (Lipinski definition) is 1. The van der Waals surface area contributed by atoms with Crippen LogP contribution in [0.25, 0.3) is 0 Å². The summed E-state index contributed by atoms with van der Waals surface area (Å²) in [6.07, 6.45) is -0.754. The minimum Gasteiger partial charge on any atom is -0.486 e. The second-order valence-electron chi connectivity index (χ2n) is 7.50. The third-order valence-electron chi connectivity index (χ3n) is 5.51. The molecule has 8 nitrogen and oxygen atoms in total. The molecule has 0 unspecified atom stereocenters. The van der Waals surface area contributed by atoms with Crippen molar-refractivity contribution in [2.24, 2.45) is 0 Å². The lowest BCUT2D eigenvalue weighted by Crippen LogP contribution is -2.58. The highest BCUT2D eigenvalue weighted by atomic mass is 35.5. The van der Waals surface area contributed by atoms with E-state index in [1.165, 1.54) is 34.6 Å². The summed E-state index contributed by atoms with van der Waals surface area (Å²) in [5, 5.41) is 21.8. The highest BCUT2D eigenvalue weighted by Gasteiger charge is 2.54. The standard InChI is InChI=1S/C21H18ClFN4O4S/c22-16-2-4-19(15(7-16)10-25)32(28,29)27-11-20(21(13-27)12-26-5-6-30-21)31-17-3-1-14(9-24)18(23)8-17/h1-4,7-8,20,26H,5-6,11-13H2/t20-,21+/m0/s1. The highest BCUT2D eigenvalue weighted by Crippen LogP contribution is 2.35. The molecule has 166 valence electrons. The van der Waals surface area contributed by atoms with E-state index in [0.29, 0.717) is 19.7 Å². The van der Waals surface area contributed by atoms with E-state index in [1.807, 2.05) is 6.07 Å². The van der Waals surface area contributed by atoms with Gasteiger partial charge in [0, 0.05) is 30.7 Å². The molecule has 2 fully saturated rings. The lowest BCUT2D eigenvalue weighted by molar-refractivity contribution is -0.103. The Bertz CT molecular complexity index is 1240. The number of nitrogens with zero attached hydrogens (tertiary/aromatic N) is 3. The van der Waals surface area contributed by atoms with Crippen LogP contribution in [0.1, 0.15) is 11.1 Å². The highest BCUT2D eigenvalue weighted by molar-refractivity contribution is 7.89. The van der Waals surface area contributed by atoms with Gasteiger partial charge in [0.15, 0.2) is 0 Å². The molecule has 0 saturated carbocycles. The summed E-state index contributed by atoms with van der Waals surface area (Å²) in [6, 6.07) is 11.5. The van der Waals surface area contributed by atoms with Crippen LogP contribution in [0.15, 0.2) is 41.3 Å². The SMILES string of the molecule is N#Cc1ccc(O[C@H]2CN(S(=O)(=O)c3ccc(Cl)cc3C#N)C[C@]23CNCCO3)cc1F. The maximum atomic E-state index is 14.1. The molecule has 0 aromatic heterocycles. The molecule has 0 aliphatic carbocycles. The van der Waals surface area contributed by atoms with E-state index >= 15 is 0 Å². The molecule has 11 heteroatoms. The number of hydrogen-bond acceptors (Lipinski definition) is 7. The van der Waals surface area contributed by atoms with Crippen LogP contribution in [-0.2, 0) is 14.8 Å². The van der Waals surface area contributed by atoms with E-state index in [0.717, 1.165) is 6.07 Å². The van der Waals surface area contributed by atoms with E-state index in [1.54, 1.807) is 6.07 Å². The third kappa shape index (κ3) is 4.04. The smallest absolute Gasteiger partial charge is 0.244 e. The Morgan fingerprint density at radius 3 is 2.66 bits per heavy atom. The first-order valence-electron chi connectivity index (χ1n) is 9.70. The second kappa shape index (κ2) is 8.66. The van der Waals surface area contributed by atoms with Gasteiger partial charge in [0.2, 0.25) is 10.0 Å². The van der Waals surface area contributed by atoms with Gasteiger partial charge in [-0.2, -0.15) is 14.8 Å². The molecule has 2 heterocycles. The minimum absolute atomic E-state index is 0.0146. The molecule has 0 radical (unpaired) electrons. The van der Waals surface area contributed by atoms with Crippen LogP contribution in [-0.4, -0.2) is 57.2 Å². The molecule has 2 aromatic carbocycles. The molecule has 0 bridgehead atoms. The van der Waals surface area contributed by atoms with Crippen molar-refractivity contribution in [3.63, 3.8) is 0 Å². The topological polar surface area (TPSA) is 115 Å². The van der Waals surface area contributed by atoms with Crippen LogP contribution in [0.4, 0.5) is 4.39 Å². The quantitative estimate of drug-likeness (QED) is 0.717. The molecule has 1 spiro atoms. The number of morpholine rings is 1. The van der Waals surface area contributed by atoms with Crippen molar-refractivity contribution in [3.05, 3.63) is 58.4 Å². The summed E-state index contributed by atoms with van der Waals surface area (Å²) in [4.78, 5) is -0.159. The number of halogens is 2. The average Bonchev–Trinajstić information content (AvgIpc) is 3.12. The van der Waals surface area contributed by atoms with Crippen molar-refractivity contribution in [3.8, 4) is 17.9 Å². The van der Waals surface area contributed by atoms with Gasteiger partial charge in [0.05, 0.1) is 24.3 Å². The van der Waals surface area contributed by atoms with Gasteiger partial charge in [-0.25, -0.2) is 12.8 Å². The van der Waals surface area contributed by atoms with Crippen molar-refractivity contribution in [1.29, 1.82) is 10.5 Å². The number of sulfonamides is 1. The lowest BCUT2D eigenvalue weighted by Gasteiger charge is -2.38. The van der Waals surface area contributed by atoms with Crippen LogP contribution in [0.2, 0.25) is 5.02 Å². The minimum atomic E-state index is -4.07. The first-order valence-corrected chi connectivity index (χ1v) is 11.5. The maximum absolute atomic E-state index is 14.1. The van der Waals surface area contributed by atoms with Gasteiger partial charge in [-0.3, -0.25) is 0 Å². The Hall–Kier alpha value is -2.73. The van der Waals surface area contributed by atoms with Crippen LogP contribution >= 0.6 is 11.6 Å². The molecular formula is C21H18ClFN4O4S. The number of nitriles is 2. The van der Waals surface area contributed by atoms with Crippen molar-refractivity contribution >= 4 is 21.6 Å². The largest absolute Gasteiger partial charge is 0.486 e. The molecule has 0 amide bonds. The number of nitrogens with one attached hydrogen (secondary N) is 1. The fraction of sp³-hybridized carbons (Fsp3) is 0.333. The number of rotatable bonds is 4. The maximum Gasteiger partial charge on any atom is 0.244 e. The number of ether oxygens (including phenoxy) is 2. The molecule has 32 heavy (non-hydrogen) atoms. The molecular weight excluding hydrogens is 459 g/mol. The van der Waals surface area contributed by atoms with Gasteiger partial charge in [-0.1, -0.05) is 11.6 Å². The monoisotopic (exact) mass is 476 g/mol. The molecule has 1 N–H and O–H groups in total. The summed E-state index contributed by atoms with van der Waals surface area (Å²) in [5.74, 6) is -0.576. The summed E-state index contributed by atoms with van der Waals surface area (Å²) in [6.45, 7) is 1.19. The Morgan fingerprint density at radius 1 is 1.22 bits per heavy atom. The first kappa shape index (κ1) is 22.5. The van der Waals surface area contributed by atoms with Gasteiger partial charge in [-0.15, -0.1) is 0 Å². The van der Waals surface area contributed by atoms with Crippen LogP contribution in [0.3, 0.4) is 0 Å². The molecule has 2 saturated heterocycles. The molecule has 2 aliphatic heterocycles. The molecule has 2 aromatic rings. The van der Waals surface area contributed by atoms with Crippen LogP contribution in [0.5, 0.6) is 5.75 Å². The van der Waals surface area contributed by atoms with Crippen molar-refractivity contribution < 1.29 is 22.3 Å². The van der Waals surface area contributed by atoms with Crippen molar-refractivity contribution in [2.75, 3.05) is 32.8 Å². The zero-order valence-electron chi connectivity index (χ0n) is 16.7. The van der Waals surface area contributed by atoms with Gasteiger partial charge in [0.25, 0.3) is 0 Å². The third-order valence-corrected chi connectivity index (χ3v) is 7.62.